The van der Waals surface area contributed by atoms with Gasteiger partial charge >= 0.3 is 12.1 Å². The lowest BCUT2D eigenvalue weighted by Crippen LogP contribution is -2.50. The van der Waals surface area contributed by atoms with Gasteiger partial charge in [0.05, 0.1) is 6.54 Å². The van der Waals surface area contributed by atoms with Crippen molar-refractivity contribution in [3.63, 3.8) is 0 Å². The van der Waals surface area contributed by atoms with E-state index < -0.39 is 5.54 Å². The Morgan fingerprint density at radius 1 is 1.27 bits per heavy atom. The van der Waals surface area contributed by atoms with E-state index in [1.165, 1.54) is 0 Å². The van der Waals surface area contributed by atoms with E-state index in [0.29, 0.717) is 12.2 Å². The van der Waals surface area contributed by atoms with E-state index in [2.05, 4.69) is 25.9 Å². The molecule has 8 heteroatoms. The van der Waals surface area contributed by atoms with Gasteiger partial charge in [0, 0.05) is 43.0 Å². The van der Waals surface area contributed by atoms with Crippen molar-refractivity contribution in [1.29, 1.82) is 0 Å². The number of hydrogen-bond acceptors (Lipinski definition) is 4. The van der Waals surface area contributed by atoms with Crippen LogP contribution in [0.5, 0.6) is 0 Å². The van der Waals surface area contributed by atoms with Crippen LogP contribution in [0.1, 0.15) is 52.1 Å². The molecule has 8 nitrogen and oxygen atoms in total. The highest BCUT2D eigenvalue weighted by Crippen LogP contribution is 2.14. The monoisotopic (exact) mass is 362 g/mol. The number of aromatic nitrogens is 2. The third-order valence-electron chi connectivity index (χ3n) is 4.05. The van der Waals surface area contributed by atoms with Crippen molar-refractivity contribution in [2.75, 3.05) is 13.1 Å². The summed E-state index contributed by atoms with van der Waals surface area (Å²) in [4.78, 5) is 34.5. The van der Waals surface area contributed by atoms with Crippen molar-refractivity contribution in [1.82, 2.24) is 30.8 Å². The van der Waals surface area contributed by atoms with Crippen molar-refractivity contribution in [2.45, 2.75) is 65.1 Å². The minimum atomic E-state index is -0.423. The summed E-state index contributed by atoms with van der Waals surface area (Å²) < 4.78 is 0. The number of hydrogen-bond donors (Lipinski definition) is 3. The fraction of sp³-hybridized carbons (Fsp3) is 0.667. The number of nitrogens with zero attached hydrogens (tertiary/aromatic N) is 3. The maximum Gasteiger partial charge on any atom is 0.317 e. The summed E-state index contributed by atoms with van der Waals surface area (Å²) in [6, 6.07) is 1.64. The Balaban J connectivity index is 1.89. The van der Waals surface area contributed by atoms with Crippen LogP contribution < -0.4 is 16.0 Å². The Morgan fingerprint density at radius 2 is 1.96 bits per heavy atom. The average Bonchev–Trinajstić information content (AvgIpc) is 3.06. The largest absolute Gasteiger partial charge is 0.336 e. The van der Waals surface area contributed by atoms with Gasteiger partial charge < -0.3 is 20.9 Å². The van der Waals surface area contributed by atoms with Crippen LogP contribution in [0.3, 0.4) is 0 Å². The number of nitrogens with one attached hydrogen (secondary N) is 3. The van der Waals surface area contributed by atoms with E-state index in [9.17, 15) is 9.59 Å². The third kappa shape index (κ3) is 6.50. The molecule has 4 amide bonds. The molecule has 1 aromatic rings. The summed E-state index contributed by atoms with van der Waals surface area (Å²) in [6.07, 6.45) is 4.40. The van der Waals surface area contributed by atoms with Crippen LogP contribution in [-0.2, 0) is 13.0 Å². The zero-order valence-corrected chi connectivity index (χ0v) is 16.1. The highest BCUT2D eigenvalue weighted by atomic mass is 16.2. The molecular weight excluding hydrogens is 332 g/mol. The van der Waals surface area contributed by atoms with Gasteiger partial charge in [0.15, 0.2) is 0 Å². The molecule has 0 saturated carbocycles. The van der Waals surface area contributed by atoms with Crippen LogP contribution in [0, 0.1) is 0 Å². The molecule has 0 bridgehead atoms. The lowest BCUT2D eigenvalue weighted by Gasteiger charge is -2.29. The number of urea groups is 2. The van der Waals surface area contributed by atoms with Gasteiger partial charge in [-0.15, -0.1) is 0 Å². The van der Waals surface area contributed by atoms with Crippen LogP contribution in [-0.4, -0.2) is 51.6 Å². The van der Waals surface area contributed by atoms with E-state index in [1.54, 1.807) is 6.20 Å². The van der Waals surface area contributed by atoms with E-state index >= 15 is 0 Å². The Kier molecular flexibility index (Phi) is 6.76. The fourth-order valence-corrected chi connectivity index (χ4v) is 2.88. The van der Waals surface area contributed by atoms with Crippen LogP contribution in [0.15, 0.2) is 12.3 Å². The molecule has 0 radical (unpaired) electrons. The molecule has 2 heterocycles. The predicted molar refractivity (Wildman–Crippen MR) is 99.7 cm³/mol. The quantitative estimate of drug-likeness (QED) is 0.719. The van der Waals surface area contributed by atoms with E-state index in [-0.39, 0.29) is 24.6 Å². The Morgan fingerprint density at radius 3 is 2.62 bits per heavy atom. The smallest absolute Gasteiger partial charge is 0.317 e. The molecule has 1 aromatic heterocycles. The standard InChI is InChI=1S/C18H30N6O2/c1-13(2)21-16(25)20-12-15-19-8-7-14(22-15)11-18(3,4)23-17(26)24-9-5-6-10-24/h7-8,13H,5-6,9-12H2,1-4H3,(H,23,26)(H2,20,21,25). The Bertz CT molecular complexity index is 626. The molecule has 2 rings (SSSR count). The van der Waals surface area contributed by atoms with Crippen molar-refractivity contribution in [2.24, 2.45) is 0 Å². The zero-order chi connectivity index (χ0) is 19.2. The Hall–Kier alpha value is -2.38. The lowest BCUT2D eigenvalue weighted by atomic mass is 9.98. The minimum absolute atomic E-state index is 0.0196. The lowest BCUT2D eigenvalue weighted by molar-refractivity contribution is 0.197. The maximum absolute atomic E-state index is 12.3. The molecule has 1 aliphatic heterocycles. The van der Waals surface area contributed by atoms with Crippen molar-refractivity contribution >= 4 is 12.1 Å². The molecule has 1 fully saturated rings. The molecule has 0 spiro atoms. The van der Waals surface area contributed by atoms with Crippen LogP contribution in [0.4, 0.5) is 9.59 Å². The molecule has 0 atom stereocenters. The minimum Gasteiger partial charge on any atom is -0.336 e. The summed E-state index contributed by atoms with van der Waals surface area (Å²) >= 11 is 0. The van der Waals surface area contributed by atoms with Gasteiger partial charge in [-0.1, -0.05) is 0 Å². The number of carbonyl (C=O) groups excluding carboxylic acids is 2. The normalized spacial score (nSPS) is 14.4. The first-order valence-electron chi connectivity index (χ1n) is 9.17. The number of rotatable bonds is 6. The molecule has 144 valence electrons. The molecule has 26 heavy (non-hydrogen) atoms. The molecule has 0 aromatic carbocycles. The summed E-state index contributed by atoms with van der Waals surface area (Å²) in [5.41, 5.74) is 0.404. The van der Waals surface area contributed by atoms with E-state index in [4.69, 9.17) is 0 Å². The summed E-state index contributed by atoms with van der Waals surface area (Å²) in [5.74, 6) is 0.545. The summed E-state index contributed by atoms with van der Waals surface area (Å²) in [6.45, 7) is 9.67. The van der Waals surface area contributed by atoms with Crippen molar-refractivity contribution in [3.8, 4) is 0 Å². The highest BCUT2D eigenvalue weighted by Gasteiger charge is 2.26. The van der Waals surface area contributed by atoms with Gasteiger partial charge in [-0.25, -0.2) is 19.6 Å². The molecule has 0 aliphatic carbocycles. The Labute approximate surface area is 155 Å². The van der Waals surface area contributed by atoms with E-state index in [0.717, 1.165) is 31.6 Å². The van der Waals surface area contributed by atoms with Gasteiger partial charge in [-0.2, -0.15) is 0 Å². The molecule has 1 saturated heterocycles. The predicted octanol–water partition coefficient (Wildman–Crippen LogP) is 1.81. The second-order valence-electron chi connectivity index (χ2n) is 7.63. The van der Waals surface area contributed by atoms with Gasteiger partial charge in [0.2, 0.25) is 0 Å². The topological polar surface area (TPSA) is 99.2 Å². The molecular formula is C18H30N6O2. The summed E-state index contributed by atoms with van der Waals surface area (Å²) in [5, 5.41) is 8.58. The summed E-state index contributed by atoms with van der Waals surface area (Å²) in [7, 11) is 0. The second-order valence-corrected chi connectivity index (χ2v) is 7.63. The van der Waals surface area contributed by atoms with Crippen molar-refractivity contribution < 1.29 is 9.59 Å². The van der Waals surface area contributed by atoms with Crippen LogP contribution >= 0.6 is 0 Å². The number of carbonyl (C=O) groups is 2. The third-order valence-corrected chi connectivity index (χ3v) is 4.05. The van der Waals surface area contributed by atoms with Gasteiger partial charge in [-0.05, 0) is 46.6 Å². The highest BCUT2D eigenvalue weighted by molar-refractivity contribution is 5.75. The van der Waals surface area contributed by atoms with Gasteiger partial charge in [0.1, 0.15) is 5.82 Å². The zero-order valence-electron chi connectivity index (χ0n) is 16.1. The molecule has 1 aliphatic rings. The van der Waals surface area contributed by atoms with Gasteiger partial charge in [0.25, 0.3) is 0 Å². The molecule has 0 unspecified atom stereocenters. The van der Waals surface area contributed by atoms with Crippen LogP contribution in [0.2, 0.25) is 0 Å². The average molecular weight is 362 g/mol. The fourth-order valence-electron chi connectivity index (χ4n) is 2.88. The van der Waals surface area contributed by atoms with E-state index in [1.807, 2.05) is 38.7 Å². The first-order valence-corrected chi connectivity index (χ1v) is 9.17. The first-order chi connectivity index (χ1) is 12.2. The van der Waals surface area contributed by atoms with Crippen LogP contribution in [0.25, 0.3) is 0 Å². The second kappa shape index (κ2) is 8.82. The SMILES string of the molecule is CC(C)NC(=O)NCc1nccc(CC(C)(C)NC(=O)N2CCCC2)n1. The first kappa shape index (κ1) is 19.9. The van der Waals surface area contributed by atoms with Crippen molar-refractivity contribution in [3.05, 3.63) is 23.8 Å². The van der Waals surface area contributed by atoms with Gasteiger partial charge in [-0.3, -0.25) is 0 Å². The number of amides is 4. The maximum atomic E-state index is 12.3. The number of likely N-dealkylation sites (tertiary alicyclic amines) is 1. The molecule has 3 N–H and O–H groups in total.